The van der Waals surface area contributed by atoms with Gasteiger partial charge in [-0.15, -0.1) is 0 Å². The van der Waals surface area contributed by atoms with Gasteiger partial charge in [-0.1, -0.05) is 33.6 Å². The average Bonchev–Trinajstić information content (AvgIpc) is 2.55. The fraction of sp³-hybridized carbons (Fsp3) is 0.118. The smallest absolute Gasteiger partial charge is 0.261 e. The molecule has 0 unspecified atom stereocenters. The molecule has 128 valence electrons. The van der Waals surface area contributed by atoms with Crippen LogP contribution in [0.2, 0.25) is 5.02 Å². The monoisotopic (exact) mass is 483 g/mol. The molecule has 0 fully saturated rings. The standard InChI is InChI=1S/C17H12Br2ClN3O2/c1-9-13(20)3-2-4-14(9)22-15(24)7-23-8-21-16-11(17(23)25)5-10(18)6-12(16)19/h2-6,8H,7H2,1H3,(H,22,24). The van der Waals surface area contributed by atoms with E-state index in [2.05, 4.69) is 42.2 Å². The van der Waals surface area contributed by atoms with Gasteiger partial charge in [0.2, 0.25) is 5.91 Å². The van der Waals surface area contributed by atoms with Crippen molar-refractivity contribution in [2.75, 3.05) is 5.32 Å². The number of halogens is 3. The molecule has 0 bridgehead atoms. The minimum absolute atomic E-state index is 0.141. The summed E-state index contributed by atoms with van der Waals surface area (Å²) in [6.07, 6.45) is 1.37. The summed E-state index contributed by atoms with van der Waals surface area (Å²) in [6.45, 7) is 1.68. The van der Waals surface area contributed by atoms with E-state index in [1.807, 2.05) is 13.0 Å². The van der Waals surface area contributed by atoms with Crippen LogP contribution in [0.4, 0.5) is 5.69 Å². The van der Waals surface area contributed by atoms with E-state index in [1.165, 1.54) is 10.9 Å². The van der Waals surface area contributed by atoms with Crippen LogP contribution in [0.25, 0.3) is 10.9 Å². The van der Waals surface area contributed by atoms with E-state index in [4.69, 9.17) is 11.6 Å². The van der Waals surface area contributed by atoms with Crippen LogP contribution in [-0.4, -0.2) is 15.5 Å². The van der Waals surface area contributed by atoms with Gasteiger partial charge in [-0.05, 0) is 52.7 Å². The number of hydrogen-bond donors (Lipinski definition) is 1. The molecule has 2 aromatic carbocycles. The molecule has 1 aromatic heterocycles. The van der Waals surface area contributed by atoms with E-state index in [-0.39, 0.29) is 18.0 Å². The van der Waals surface area contributed by atoms with Crippen molar-refractivity contribution < 1.29 is 4.79 Å². The van der Waals surface area contributed by atoms with Crippen molar-refractivity contribution in [2.45, 2.75) is 13.5 Å². The van der Waals surface area contributed by atoms with Crippen molar-refractivity contribution in [3.05, 3.63) is 66.5 Å². The van der Waals surface area contributed by atoms with Crippen LogP contribution in [0.15, 0.2) is 50.4 Å². The average molecular weight is 486 g/mol. The molecule has 25 heavy (non-hydrogen) atoms. The maximum absolute atomic E-state index is 12.6. The Labute approximate surface area is 165 Å². The van der Waals surface area contributed by atoms with Gasteiger partial charge in [0.15, 0.2) is 0 Å². The Kier molecular flexibility index (Phi) is 5.27. The highest BCUT2D eigenvalue weighted by atomic mass is 79.9. The van der Waals surface area contributed by atoms with E-state index in [1.54, 1.807) is 24.3 Å². The Hall–Kier alpha value is -1.70. The second kappa shape index (κ2) is 7.27. The molecule has 0 saturated heterocycles. The molecule has 0 radical (unpaired) electrons. The molecule has 0 saturated carbocycles. The summed E-state index contributed by atoms with van der Waals surface area (Å²) < 4.78 is 2.74. The Bertz CT molecular complexity index is 1050. The van der Waals surface area contributed by atoms with Crippen molar-refractivity contribution in [3.63, 3.8) is 0 Å². The number of amides is 1. The highest BCUT2D eigenvalue weighted by Crippen LogP contribution is 2.25. The zero-order valence-electron chi connectivity index (χ0n) is 13.0. The lowest BCUT2D eigenvalue weighted by atomic mass is 10.2. The van der Waals surface area contributed by atoms with Gasteiger partial charge in [0.05, 0.1) is 17.2 Å². The SMILES string of the molecule is Cc1c(Cl)cccc1NC(=O)Cn1cnc2c(Br)cc(Br)cc2c1=O. The van der Waals surface area contributed by atoms with Crippen LogP contribution in [0.1, 0.15) is 5.56 Å². The molecule has 8 heteroatoms. The molecule has 0 aliphatic rings. The highest BCUT2D eigenvalue weighted by Gasteiger charge is 2.12. The van der Waals surface area contributed by atoms with Crippen LogP contribution in [0.3, 0.4) is 0 Å². The summed E-state index contributed by atoms with van der Waals surface area (Å²) in [5, 5.41) is 3.76. The maximum atomic E-state index is 12.6. The number of carbonyl (C=O) groups is 1. The van der Waals surface area contributed by atoms with Crippen LogP contribution in [-0.2, 0) is 11.3 Å². The highest BCUT2D eigenvalue weighted by molar-refractivity contribution is 9.11. The largest absolute Gasteiger partial charge is 0.324 e. The quantitative estimate of drug-likeness (QED) is 0.593. The topological polar surface area (TPSA) is 64.0 Å². The number of benzene rings is 2. The van der Waals surface area contributed by atoms with Gasteiger partial charge >= 0.3 is 0 Å². The minimum atomic E-state index is -0.331. The fourth-order valence-electron chi connectivity index (χ4n) is 2.39. The molecule has 0 aliphatic heterocycles. The zero-order valence-corrected chi connectivity index (χ0v) is 16.9. The van der Waals surface area contributed by atoms with Gasteiger partial charge in [-0.2, -0.15) is 0 Å². The van der Waals surface area contributed by atoms with E-state index < -0.39 is 0 Å². The molecule has 3 rings (SSSR count). The second-order valence-corrected chi connectivity index (χ2v) is 7.60. The Balaban J connectivity index is 1.90. The van der Waals surface area contributed by atoms with E-state index in [0.29, 0.717) is 26.1 Å². The lowest BCUT2D eigenvalue weighted by Crippen LogP contribution is -2.28. The van der Waals surface area contributed by atoms with Gasteiger partial charge in [-0.3, -0.25) is 14.2 Å². The summed E-state index contributed by atoms with van der Waals surface area (Å²) in [5.74, 6) is -0.331. The van der Waals surface area contributed by atoms with Crippen LogP contribution < -0.4 is 10.9 Å². The summed E-state index contributed by atoms with van der Waals surface area (Å²) in [5.41, 5.74) is 1.65. The summed E-state index contributed by atoms with van der Waals surface area (Å²) >= 11 is 12.8. The third kappa shape index (κ3) is 3.78. The molecule has 0 aliphatic carbocycles. The Morgan fingerprint density at radius 3 is 2.84 bits per heavy atom. The predicted octanol–water partition coefficient (Wildman–Crippen LogP) is 4.52. The summed E-state index contributed by atoms with van der Waals surface area (Å²) in [4.78, 5) is 29.2. The van der Waals surface area contributed by atoms with Gasteiger partial charge in [-0.25, -0.2) is 4.98 Å². The third-order valence-corrected chi connectivity index (χ3v) is 5.17. The third-order valence-electron chi connectivity index (χ3n) is 3.70. The first-order chi connectivity index (χ1) is 11.9. The number of carbonyl (C=O) groups excluding carboxylic acids is 1. The summed E-state index contributed by atoms with van der Waals surface area (Å²) in [7, 11) is 0. The molecule has 3 aromatic rings. The van der Waals surface area contributed by atoms with Gasteiger partial charge in [0.1, 0.15) is 6.54 Å². The van der Waals surface area contributed by atoms with Gasteiger partial charge in [0.25, 0.3) is 5.56 Å². The van der Waals surface area contributed by atoms with Crippen molar-refractivity contribution in [1.29, 1.82) is 0 Å². The number of hydrogen-bond acceptors (Lipinski definition) is 3. The summed E-state index contributed by atoms with van der Waals surface area (Å²) in [6, 6.07) is 8.76. The van der Waals surface area contributed by atoms with E-state index in [0.717, 1.165) is 10.0 Å². The first-order valence-corrected chi connectivity index (χ1v) is 9.22. The number of nitrogens with zero attached hydrogens (tertiary/aromatic N) is 2. The number of fused-ring (bicyclic) bond motifs is 1. The number of anilines is 1. The van der Waals surface area contributed by atoms with E-state index in [9.17, 15) is 9.59 Å². The van der Waals surface area contributed by atoms with Gasteiger partial charge in [0, 0.05) is 19.7 Å². The second-order valence-electron chi connectivity index (χ2n) is 5.42. The number of rotatable bonds is 3. The normalized spacial score (nSPS) is 10.9. The lowest BCUT2D eigenvalue weighted by Gasteiger charge is -2.11. The zero-order chi connectivity index (χ0) is 18.1. The Morgan fingerprint density at radius 2 is 2.08 bits per heavy atom. The molecule has 1 amide bonds. The maximum Gasteiger partial charge on any atom is 0.261 e. The van der Waals surface area contributed by atoms with Crippen molar-refractivity contribution in [3.8, 4) is 0 Å². The molecule has 0 spiro atoms. The van der Waals surface area contributed by atoms with Crippen LogP contribution in [0.5, 0.6) is 0 Å². The number of aromatic nitrogens is 2. The lowest BCUT2D eigenvalue weighted by molar-refractivity contribution is -0.116. The van der Waals surface area contributed by atoms with Crippen LogP contribution >= 0.6 is 43.5 Å². The molecule has 1 heterocycles. The minimum Gasteiger partial charge on any atom is -0.324 e. The Morgan fingerprint density at radius 1 is 1.32 bits per heavy atom. The molecule has 5 nitrogen and oxygen atoms in total. The van der Waals surface area contributed by atoms with Crippen molar-refractivity contribution in [1.82, 2.24) is 9.55 Å². The van der Waals surface area contributed by atoms with Crippen molar-refractivity contribution >= 4 is 66.0 Å². The molecular formula is C17H12Br2ClN3O2. The van der Waals surface area contributed by atoms with Gasteiger partial charge < -0.3 is 5.32 Å². The van der Waals surface area contributed by atoms with Crippen molar-refractivity contribution in [2.24, 2.45) is 0 Å². The predicted molar refractivity (Wildman–Crippen MR) is 106 cm³/mol. The fourth-order valence-corrected chi connectivity index (χ4v) is 3.90. The first kappa shape index (κ1) is 18.1. The molecule has 0 atom stereocenters. The van der Waals surface area contributed by atoms with E-state index >= 15 is 0 Å². The first-order valence-electron chi connectivity index (χ1n) is 7.26. The van der Waals surface area contributed by atoms with Crippen LogP contribution in [0, 0.1) is 6.92 Å². The number of nitrogens with one attached hydrogen (secondary N) is 1. The molecular weight excluding hydrogens is 473 g/mol. The molecule has 1 N–H and O–H groups in total.